The standard InChI is InChI=1S/C20H24N4O2S/c1-13(2)18-7-5-6-8-19(18)21-16-9-11-17(12-10-16)24-27(25,26)20-14(3)22-23-15(20)4/h5-13,21,24H,1-4H3,(H,22,23). The van der Waals surface area contributed by atoms with E-state index in [1.165, 1.54) is 5.56 Å². The highest BCUT2D eigenvalue weighted by molar-refractivity contribution is 7.92. The third kappa shape index (κ3) is 4.14. The molecule has 0 radical (unpaired) electrons. The van der Waals surface area contributed by atoms with Crippen molar-refractivity contribution in [3.8, 4) is 0 Å². The molecule has 1 aromatic heterocycles. The number of hydrogen-bond donors (Lipinski definition) is 3. The number of H-pyrrole nitrogens is 1. The minimum Gasteiger partial charge on any atom is -0.355 e. The molecule has 2 aromatic carbocycles. The summed E-state index contributed by atoms with van der Waals surface area (Å²) in [5, 5.41) is 10.1. The van der Waals surface area contributed by atoms with Crippen molar-refractivity contribution >= 4 is 27.1 Å². The second-order valence-electron chi connectivity index (χ2n) is 6.81. The molecule has 0 saturated heterocycles. The van der Waals surface area contributed by atoms with E-state index in [4.69, 9.17) is 0 Å². The highest BCUT2D eigenvalue weighted by atomic mass is 32.2. The lowest BCUT2D eigenvalue weighted by Crippen LogP contribution is -2.14. The molecule has 3 aromatic rings. The van der Waals surface area contributed by atoms with Gasteiger partial charge in [-0.15, -0.1) is 0 Å². The van der Waals surface area contributed by atoms with Gasteiger partial charge in [0.25, 0.3) is 10.0 Å². The van der Waals surface area contributed by atoms with Gasteiger partial charge in [0.2, 0.25) is 0 Å². The molecular weight excluding hydrogens is 360 g/mol. The van der Waals surface area contributed by atoms with E-state index >= 15 is 0 Å². The van der Waals surface area contributed by atoms with Crippen molar-refractivity contribution in [2.75, 3.05) is 10.0 Å². The highest BCUT2D eigenvalue weighted by Gasteiger charge is 2.22. The van der Waals surface area contributed by atoms with Crippen molar-refractivity contribution in [3.05, 3.63) is 65.5 Å². The quantitative estimate of drug-likeness (QED) is 0.575. The molecule has 3 N–H and O–H groups in total. The molecule has 27 heavy (non-hydrogen) atoms. The summed E-state index contributed by atoms with van der Waals surface area (Å²) in [4.78, 5) is 0.190. The van der Waals surface area contributed by atoms with Gasteiger partial charge in [0.1, 0.15) is 4.90 Å². The third-order valence-corrected chi connectivity index (χ3v) is 5.97. The molecule has 0 spiro atoms. The van der Waals surface area contributed by atoms with Crippen molar-refractivity contribution in [2.24, 2.45) is 0 Å². The molecule has 0 aliphatic rings. The van der Waals surface area contributed by atoms with E-state index in [1.54, 1.807) is 26.0 Å². The Bertz CT molecular complexity index is 1020. The van der Waals surface area contributed by atoms with Gasteiger partial charge in [0.15, 0.2) is 0 Å². The van der Waals surface area contributed by atoms with Gasteiger partial charge < -0.3 is 5.32 Å². The van der Waals surface area contributed by atoms with Crippen LogP contribution in [0.1, 0.15) is 36.7 Å². The van der Waals surface area contributed by atoms with E-state index in [0.717, 1.165) is 11.4 Å². The fraction of sp³-hybridized carbons (Fsp3) is 0.250. The number of rotatable bonds is 6. The molecule has 1 heterocycles. The fourth-order valence-corrected chi connectivity index (χ4v) is 4.47. The Morgan fingerprint density at radius 2 is 1.59 bits per heavy atom. The normalized spacial score (nSPS) is 11.6. The molecule has 3 rings (SSSR count). The van der Waals surface area contributed by atoms with Crippen LogP contribution in [-0.4, -0.2) is 18.6 Å². The Labute approximate surface area is 160 Å². The average molecular weight is 385 g/mol. The van der Waals surface area contributed by atoms with Gasteiger partial charge in [-0.1, -0.05) is 32.0 Å². The molecule has 0 aliphatic heterocycles. The number of sulfonamides is 1. The number of nitrogens with one attached hydrogen (secondary N) is 3. The number of hydrogen-bond acceptors (Lipinski definition) is 4. The number of aryl methyl sites for hydroxylation is 2. The minimum atomic E-state index is -3.69. The number of aromatic nitrogens is 2. The van der Waals surface area contributed by atoms with Gasteiger partial charge in [0.05, 0.1) is 11.4 Å². The molecule has 6 nitrogen and oxygen atoms in total. The van der Waals surface area contributed by atoms with Gasteiger partial charge in [-0.2, -0.15) is 5.10 Å². The smallest absolute Gasteiger partial charge is 0.265 e. The van der Waals surface area contributed by atoms with Crippen LogP contribution in [-0.2, 0) is 10.0 Å². The van der Waals surface area contributed by atoms with Gasteiger partial charge in [-0.25, -0.2) is 8.42 Å². The molecule has 0 fully saturated rings. The number of nitrogens with zero attached hydrogens (tertiary/aromatic N) is 1. The zero-order valence-corrected chi connectivity index (χ0v) is 16.7. The first-order valence-corrected chi connectivity index (χ1v) is 10.3. The second-order valence-corrected chi connectivity index (χ2v) is 8.43. The first-order chi connectivity index (χ1) is 12.8. The maximum atomic E-state index is 12.6. The van der Waals surface area contributed by atoms with E-state index in [-0.39, 0.29) is 4.90 Å². The number of aromatic amines is 1. The zero-order valence-electron chi connectivity index (χ0n) is 15.9. The van der Waals surface area contributed by atoms with Crippen molar-refractivity contribution in [1.29, 1.82) is 0 Å². The molecular formula is C20H24N4O2S. The third-order valence-electron chi connectivity index (χ3n) is 4.33. The SMILES string of the molecule is Cc1n[nH]c(C)c1S(=O)(=O)Nc1ccc(Nc2ccccc2C(C)C)cc1. The van der Waals surface area contributed by atoms with Gasteiger partial charge in [-0.3, -0.25) is 9.82 Å². The molecule has 0 aliphatic carbocycles. The van der Waals surface area contributed by atoms with Crippen LogP contribution in [0.15, 0.2) is 53.4 Å². The number of para-hydroxylation sites is 1. The summed E-state index contributed by atoms with van der Waals surface area (Å²) in [5.41, 5.74) is 4.63. The molecule has 7 heteroatoms. The average Bonchev–Trinajstić information content (AvgIpc) is 2.96. The van der Waals surface area contributed by atoms with Gasteiger partial charge >= 0.3 is 0 Å². The summed E-state index contributed by atoms with van der Waals surface area (Å²) in [5.74, 6) is 0.404. The summed E-state index contributed by atoms with van der Waals surface area (Å²) < 4.78 is 27.8. The summed E-state index contributed by atoms with van der Waals surface area (Å²) in [6.07, 6.45) is 0. The maximum Gasteiger partial charge on any atom is 0.265 e. The van der Waals surface area contributed by atoms with E-state index < -0.39 is 10.0 Å². The van der Waals surface area contributed by atoms with Crippen molar-refractivity contribution in [1.82, 2.24) is 10.2 Å². The van der Waals surface area contributed by atoms with E-state index in [2.05, 4.69) is 40.2 Å². The van der Waals surface area contributed by atoms with E-state index in [0.29, 0.717) is 23.0 Å². The zero-order chi connectivity index (χ0) is 19.6. The highest BCUT2D eigenvalue weighted by Crippen LogP contribution is 2.28. The Balaban J connectivity index is 1.79. The Morgan fingerprint density at radius 1 is 0.963 bits per heavy atom. The van der Waals surface area contributed by atoms with Gasteiger partial charge in [0, 0.05) is 17.1 Å². The predicted molar refractivity (Wildman–Crippen MR) is 109 cm³/mol. The monoisotopic (exact) mass is 384 g/mol. The molecule has 142 valence electrons. The predicted octanol–water partition coefficient (Wildman–Crippen LogP) is 4.69. The van der Waals surface area contributed by atoms with Crippen LogP contribution in [0, 0.1) is 13.8 Å². The fourth-order valence-electron chi connectivity index (χ4n) is 3.03. The van der Waals surface area contributed by atoms with Crippen molar-refractivity contribution < 1.29 is 8.42 Å². The summed E-state index contributed by atoms with van der Waals surface area (Å²) >= 11 is 0. The topological polar surface area (TPSA) is 86.9 Å². The number of anilines is 3. The largest absolute Gasteiger partial charge is 0.355 e. The van der Waals surface area contributed by atoms with Crippen LogP contribution in [0.2, 0.25) is 0 Å². The maximum absolute atomic E-state index is 12.6. The first kappa shape index (κ1) is 19.0. The van der Waals surface area contributed by atoms with Crippen LogP contribution in [0.4, 0.5) is 17.1 Å². The first-order valence-electron chi connectivity index (χ1n) is 8.78. The number of benzene rings is 2. The Hall–Kier alpha value is -2.80. The lowest BCUT2D eigenvalue weighted by atomic mass is 10.0. The molecule has 0 bridgehead atoms. The summed E-state index contributed by atoms with van der Waals surface area (Å²) in [6, 6.07) is 15.3. The van der Waals surface area contributed by atoms with E-state index in [9.17, 15) is 8.42 Å². The van der Waals surface area contributed by atoms with Crippen LogP contribution in [0.25, 0.3) is 0 Å². The van der Waals surface area contributed by atoms with Crippen LogP contribution in [0.5, 0.6) is 0 Å². The minimum absolute atomic E-state index is 0.190. The lowest BCUT2D eigenvalue weighted by Gasteiger charge is -2.15. The van der Waals surface area contributed by atoms with Crippen molar-refractivity contribution in [2.45, 2.75) is 38.5 Å². The molecule has 0 amide bonds. The van der Waals surface area contributed by atoms with Gasteiger partial charge in [-0.05, 0) is 55.7 Å². The Morgan fingerprint density at radius 3 is 2.19 bits per heavy atom. The van der Waals surface area contributed by atoms with E-state index in [1.807, 2.05) is 30.3 Å². The lowest BCUT2D eigenvalue weighted by molar-refractivity contribution is 0.600. The van der Waals surface area contributed by atoms with Crippen LogP contribution in [0.3, 0.4) is 0 Å². The van der Waals surface area contributed by atoms with Crippen LogP contribution >= 0.6 is 0 Å². The summed E-state index contributed by atoms with van der Waals surface area (Å²) in [7, 11) is -3.69. The molecule has 0 unspecified atom stereocenters. The van der Waals surface area contributed by atoms with Crippen LogP contribution < -0.4 is 10.0 Å². The summed E-state index contributed by atoms with van der Waals surface area (Å²) in [6.45, 7) is 7.65. The molecule has 0 saturated carbocycles. The second kappa shape index (κ2) is 7.44. The molecule has 0 atom stereocenters. The van der Waals surface area contributed by atoms with Crippen molar-refractivity contribution in [3.63, 3.8) is 0 Å². The Kier molecular flexibility index (Phi) is 5.23.